The van der Waals surface area contributed by atoms with Crippen LogP contribution in [-0.2, 0) is 0 Å². The Bertz CT molecular complexity index is 544. The number of benzene rings is 1. The maximum Gasteiger partial charge on any atom is 0.170 e. The number of allylic oxidation sites excluding steroid dienone is 1. The minimum Gasteiger partial charge on any atom is -0.507 e. The van der Waals surface area contributed by atoms with Crippen LogP contribution in [0.3, 0.4) is 0 Å². The molecule has 0 aliphatic heterocycles. The summed E-state index contributed by atoms with van der Waals surface area (Å²) in [6.45, 7) is 9.61. The fourth-order valence-electron chi connectivity index (χ4n) is 2.18. The molecule has 21 heavy (non-hydrogen) atoms. The standard InChI is InChI=1S/C17H24O4/c1-5-6-7-8-12(18)16-14(20)9-13(19)15(17(16)21)11(4)10(2)3/h9-10,19-21H,4-8H2,1-3H3. The lowest BCUT2D eigenvalue weighted by Crippen LogP contribution is -2.03. The molecular formula is C17H24O4. The number of aromatic hydroxyl groups is 3. The number of rotatable bonds is 7. The molecular weight excluding hydrogens is 268 g/mol. The summed E-state index contributed by atoms with van der Waals surface area (Å²) < 4.78 is 0. The smallest absolute Gasteiger partial charge is 0.170 e. The molecule has 1 rings (SSSR count). The molecule has 3 N–H and O–H groups in total. The number of Topliss-reactive ketones (excluding diaryl/α,β-unsaturated/α-hetero) is 1. The van der Waals surface area contributed by atoms with Crippen LogP contribution in [0.15, 0.2) is 12.6 Å². The van der Waals surface area contributed by atoms with E-state index in [0.717, 1.165) is 18.9 Å². The van der Waals surface area contributed by atoms with Crippen LogP contribution in [0.2, 0.25) is 0 Å². The normalized spacial score (nSPS) is 10.9. The number of phenols is 3. The highest BCUT2D eigenvalue weighted by atomic mass is 16.3. The van der Waals surface area contributed by atoms with E-state index < -0.39 is 5.75 Å². The molecule has 0 bridgehead atoms. The third-order valence-electron chi connectivity index (χ3n) is 3.56. The summed E-state index contributed by atoms with van der Waals surface area (Å²) in [7, 11) is 0. The number of ketones is 1. The highest BCUT2D eigenvalue weighted by Crippen LogP contribution is 2.43. The predicted molar refractivity (Wildman–Crippen MR) is 83.8 cm³/mol. The quantitative estimate of drug-likeness (QED) is 0.519. The monoisotopic (exact) mass is 292 g/mol. The Morgan fingerprint density at radius 1 is 1.14 bits per heavy atom. The first-order valence-corrected chi connectivity index (χ1v) is 7.31. The lowest BCUT2D eigenvalue weighted by atomic mass is 9.91. The lowest BCUT2D eigenvalue weighted by molar-refractivity contribution is 0.0974. The minimum absolute atomic E-state index is 0.00520. The summed E-state index contributed by atoms with van der Waals surface area (Å²) in [4.78, 5) is 12.2. The molecule has 0 amide bonds. The zero-order valence-corrected chi connectivity index (χ0v) is 12.9. The van der Waals surface area contributed by atoms with Gasteiger partial charge in [-0.15, -0.1) is 0 Å². The average Bonchev–Trinajstić information content (AvgIpc) is 2.38. The Balaban J connectivity index is 3.24. The summed E-state index contributed by atoms with van der Waals surface area (Å²) in [5, 5.41) is 30.1. The van der Waals surface area contributed by atoms with Crippen molar-refractivity contribution in [3.8, 4) is 17.2 Å². The first-order valence-electron chi connectivity index (χ1n) is 7.31. The van der Waals surface area contributed by atoms with Crippen molar-refractivity contribution in [3.05, 3.63) is 23.8 Å². The molecule has 1 aromatic carbocycles. The summed E-state index contributed by atoms with van der Waals surface area (Å²) in [5.41, 5.74) is 0.537. The van der Waals surface area contributed by atoms with Gasteiger partial charge in [-0.3, -0.25) is 4.79 Å². The van der Waals surface area contributed by atoms with Crippen molar-refractivity contribution in [2.45, 2.75) is 46.5 Å². The van der Waals surface area contributed by atoms with Gasteiger partial charge in [0.1, 0.15) is 22.8 Å². The number of phenolic OH excluding ortho intramolecular Hbond substituents is 3. The van der Waals surface area contributed by atoms with Gasteiger partial charge in [0, 0.05) is 12.5 Å². The van der Waals surface area contributed by atoms with Gasteiger partial charge in [-0.1, -0.05) is 40.2 Å². The SMILES string of the molecule is C=C(c1c(O)cc(O)c(C(=O)CCCCC)c1O)C(C)C. The Kier molecular flexibility index (Phi) is 5.82. The predicted octanol–water partition coefficient (Wildman–Crippen LogP) is 4.24. The van der Waals surface area contributed by atoms with E-state index in [2.05, 4.69) is 6.58 Å². The summed E-state index contributed by atoms with van der Waals surface area (Å²) in [6, 6.07) is 1.09. The fourth-order valence-corrected chi connectivity index (χ4v) is 2.18. The molecule has 0 saturated carbocycles. The summed E-state index contributed by atoms with van der Waals surface area (Å²) >= 11 is 0. The van der Waals surface area contributed by atoms with E-state index in [1.54, 1.807) is 0 Å². The molecule has 0 heterocycles. The second-order valence-electron chi connectivity index (χ2n) is 5.57. The van der Waals surface area contributed by atoms with Crippen molar-refractivity contribution < 1.29 is 20.1 Å². The van der Waals surface area contributed by atoms with Gasteiger partial charge in [0.15, 0.2) is 5.78 Å². The molecule has 0 aliphatic rings. The molecule has 0 aliphatic carbocycles. The Morgan fingerprint density at radius 2 is 1.71 bits per heavy atom. The molecule has 116 valence electrons. The van der Waals surface area contributed by atoms with Crippen molar-refractivity contribution in [3.63, 3.8) is 0 Å². The van der Waals surface area contributed by atoms with Gasteiger partial charge in [0.2, 0.25) is 0 Å². The van der Waals surface area contributed by atoms with E-state index in [1.807, 2.05) is 20.8 Å². The van der Waals surface area contributed by atoms with Gasteiger partial charge in [-0.25, -0.2) is 0 Å². The highest BCUT2D eigenvalue weighted by molar-refractivity contribution is 6.03. The highest BCUT2D eigenvalue weighted by Gasteiger charge is 2.24. The zero-order valence-electron chi connectivity index (χ0n) is 12.9. The Hall–Kier alpha value is -1.97. The van der Waals surface area contributed by atoms with Crippen LogP contribution in [0.4, 0.5) is 0 Å². The first kappa shape index (κ1) is 17.1. The molecule has 0 aromatic heterocycles. The molecule has 0 spiro atoms. The van der Waals surface area contributed by atoms with Gasteiger partial charge in [0.05, 0.1) is 5.56 Å². The van der Waals surface area contributed by atoms with Gasteiger partial charge < -0.3 is 15.3 Å². The minimum atomic E-state index is -0.396. The van der Waals surface area contributed by atoms with E-state index in [0.29, 0.717) is 12.0 Å². The van der Waals surface area contributed by atoms with Gasteiger partial charge >= 0.3 is 0 Å². The summed E-state index contributed by atoms with van der Waals surface area (Å²) in [6.07, 6.45) is 2.86. The average molecular weight is 292 g/mol. The molecule has 0 saturated heterocycles. The number of unbranched alkanes of at least 4 members (excludes halogenated alkanes) is 2. The van der Waals surface area contributed by atoms with Gasteiger partial charge in [0.25, 0.3) is 0 Å². The van der Waals surface area contributed by atoms with Gasteiger partial charge in [-0.05, 0) is 17.9 Å². The molecule has 0 atom stereocenters. The van der Waals surface area contributed by atoms with Crippen molar-refractivity contribution in [2.75, 3.05) is 0 Å². The van der Waals surface area contributed by atoms with Crippen molar-refractivity contribution in [1.82, 2.24) is 0 Å². The molecule has 4 heteroatoms. The maximum atomic E-state index is 12.2. The summed E-state index contributed by atoms with van der Waals surface area (Å²) in [5.74, 6) is -1.38. The van der Waals surface area contributed by atoms with Crippen LogP contribution in [-0.4, -0.2) is 21.1 Å². The van der Waals surface area contributed by atoms with Crippen LogP contribution >= 0.6 is 0 Å². The number of carbonyl (C=O) groups is 1. The third-order valence-corrected chi connectivity index (χ3v) is 3.56. The number of hydrogen-bond acceptors (Lipinski definition) is 4. The van der Waals surface area contributed by atoms with Crippen LogP contribution in [0, 0.1) is 5.92 Å². The van der Waals surface area contributed by atoms with E-state index in [-0.39, 0.29) is 40.7 Å². The van der Waals surface area contributed by atoms with E-state index in [1.165, 1.54) is 0 Å². The van der Waals surface area contributed by atoms with Crippen LogP contribution in [0.25, 0.3) is 5.57 Å². The lowest BCUT2D eigenvalue weighted by Gasteiger charge is -2.16. The van der Waals surface area contributed by atoms with E-state index >= 15 is 0 Å². The topological polar surface area (TPSA) is 77.8 Å². The van der Waals surface area contributed by atoms with Crippen molar-refractivity contribution in [2.24, 2.45) is 5.92 Å². The Morgan fingerprint density at radius 3 is 2.24 bits per heavy atom. The van der Waals surface area contributed by atoms with Crippen molar-refractivity contribution >= 4 is 11.4 Å². The van der Waals surface area contributed by atoms with Crippen LogP contribution in [0.5, 0.6) is 17.2 Å². The molecule has 0 unspecified atom stereocenters. The second kappa shape index (κ2) is 7.16. The van der Waals surface area contributed by atoms with Crippen LogP contribution in [0.1, 0.15) is 62.4 Å². The van der Waals surface area contributed by atoms with Crippen molar-refractivity contribution in [1.29, 1.82) is 0 Å². The Labute approximate surface area is 125 Å². The largest absolute Gasteiger partial charge is 0.507 e. The zero-order chi connectivity index (χ0) is 16.2. The maximum absolute atomic E-state index is 12.2. The number of carbonyl (C=O) groups excluding carboxylic acids is 1. The molecule has 1 aromatic rings. The van der Waals surface area contributed by atoms with E-state index in [9.17, 15) is 20.1 Å². The second-order valence-corrected chi connectivity index (χ2v) is 5.57. The van der Waals surface area contributed by atoms with Gasteiger partial charge in [-0.2, -0.15) is 0 Å². The van der Waals surface area contributed by atoms with Crippen LogP contribution < -0.4 is 0 Å². The molecule has 4 nitrogen and oxygen atoms in total. The third kappa shape index (κ3) is 3.78. The molecule has 0 fully saturated rings. The first-order chi connectivity index (χ1) is 9.81. The molecule has 0 radical (unpaired) electrons. The van der Waals surface area contributed by atoms with E-state index in [4.69, 9.17) is 0 Å². The number of hydrogen-bond donors (Lipinski definition) is 3. The fraction of sp³-hybridized carbons (Fsp3) is 0.471.